The lowest BCUT2D eigenvalue weighted by molar-refractivity contribution is -0.129. The Kier molecular flexibility index (Phi) is 2.73. The van der Waals surface area contributed by atoms with Crippen LogP contribution in [-0.2, 0) is 11.2 Å². The van der Waals surface area contributed by atoms with Crippen molar-refractivity contribution in [3.63, 3.8) is 0 Å². The summed E-state index contributed by atoms with van der Waals surface area (Å²) < 4.78 is 14.1. The van der Waals surface area contributed by atoms with Crippen LogP contribution in [0.15, 0.2) is 12.1 Å². The zero-order chi connectivity index (χ0) is 14.8. The predicted molar refractivity (Wildman–Crippen MR) is 77.7 cm³/mol. The molecule has 1 aromatic carbocycles. The summed E-state index contributed by atoms with van der Waals surface area (Å²) in [6.45, 7) is 2.15. The van der Waals surface area contributed by atoms with Gasteiger partial charge in [-0.15, -0.1) is 0 Å². The van der Waals surface area contributed by atoms with E-state index in [1.807, 2.05) is 6.07 Å². The molecule has 112 valence electrons. The number of halogens is 1. The van der Waals surface area contributed by atoms with E-state index in [2.05, 4.69) is 6.92 Å². The van der Waals surface area contributed by atoms with E-state index in [4.69, 9.17) is 0 Å². The number of hydrogen-bond acceptors (Lipinski definition) is 2. The Morgan fingerprint density at radius 1 is 1.24 bits per heavy atom. The maximum Gasteiger partial charge on any atom is 0.168 e. The van der Waals surface area contributed by atoms with Gasteiger partial charge in [0.25, 0.3) is 0 Å². The molecule has 0 spiro atoms. The van der Waals surface area contributed by atoms with Gasteiger partial charge in [-0.05, 0) is 67.1 Å². The van der Waals surface area contributed by atoms with Crippen molar-refractivity contribution in [2.45, 2.75) is 51.4 Å². The van der Waals surface area contributed by atoms with Crippen LogP contribution < -0.4 is 0 Å². The highest BCUT2D eigenvalue weighted by atomic mass is 18.2. The molecule has 21 heavy (non-hydrogen) atoms. The van der Waals surface area contributed by atoms with Crippen molar-refractivity contribution in [3.05, 3.63) is 29.1 Å². The number of phenolic OH excluding ortho intramolecular Hbond substituents is 1. The van der Waals surface area contributed by atoms with Crippen LogP contribution in [0.4, 0.5) is 4.39 Å². The maximum absolute atomic E-state index is 14.1. The van der Waals surface area contributed by atoms with Crippen molar-refractivity contribution in [2.75, 3.05) is 0 Å². The monoisotopic (exact) mass is 287 g/mol. The smallest absolute Gasteiger partial charge is 0.168 e. The van der Waals surface area contributed by atoms with Crippen molar-refractivity contribution in [1.29, 1.82) is 0 Å². The zero-order valence-corrected chi connectivity index (χ0v) is 12.4. The van der Waals surface area contributed by atoms with Crippen LogP contribution >= 0.6 is 0 Å². The molecule has 1 N–H and O–H groups in total. The highest BCUT2D eigenvalue weighted by Gasteiger charge is 2.54. The van der Waals surface area contributed by atoms with Crippen molar-refractivity contribution >= 4 is 5.78 Å². The van der Waals surface area contributed by atoms with Gasteiger partial charge in [-0.1, -0.05) is 13.0 Å². The second kappa shape index (κ2) is 4.31. The lowest BCUT2D eigenvalue weighted by Gasteiger charge is -2.48. The molecule has 3 heteroatoms. The van der Waals surface area contributed by atoms with Crippen molar-refractivity contribution in [2.24, 2.45) is 17.3 Å². The number of ketones is 1. The van der Waals surface area contributed by atoms with Crippen LogP contribution in [0.25, 0.3) is 0 Å². The van der Waals surface area contributed by atoms with Crippen LogP contribution in [0.2, 0.25) is 0 Å². The van der Waals surface area contributed by atoms with Gasteiger partial charge in [-0.2, -0.15) is 0 Å². The van der Waals surface area contributed by atoms with Gasteiger partial charge in [0, 0.05) is 11.8 Å². The fourth-order valence-electron chi connectivity index (χ4n) is 5.38. The van der Waals surface area contributed by atoms with Crippen molar-refractivity contribution in [3.8, 4) is 5.75 Å². The number of hydrogen-bond donors (Lipinski definition) is 1. The Labute approximate surface area is 124 Å². The molecular formula is C18H21FO2. The van der Waals surface area contributed by atoms with Gasteiger partial charge in [0.1, 0.15) is 5.78 Å². The van der Waals surface area contributed by atoms with Crippen LogP contribution in [-0.4, -0.2) is 10.9 Å². The average Bonchev–Trinajstić information content (AvgIpc) is 2.78. The average molecular weight is 287 g/mol. The molecule has 2 nitrogen and oxygen atoms in total. The van der Waals surface area contributed by atoms with Gasteiger partial charge in [0.2, 0.25) is 0 Å². The number of aromatic hydroxyl groups is 1. The number of fused-ring (bicyclic) bond motifs is 5. The minimum absolute atomic E-state index is 0.131. The first-order valence-corrected chi connectivity index (χ1v) is 8.06. The van der Waals surface area contributed by atoms with Crippen LogP contribution in [0.5, 0.6) is 5.75 Å². The molecule has 3 aliphatic rings. The molecule has 0 heterocycles. The first-order chi connectivity index (χ1) is 10.0. The summed E-state index contributed by atoms with van der Waals surface area (Å²) in [5.41, 5.74) is 1.67. The Bertz CT molecular complexity index is 624. The standard InChI is InChI=1S/C18H21FO2/c1-18-9-8-11-10-4-6-15(20)17(19)13(10)3-2-12(11)14(18)5-7-16(18)21/h4,6,11-12,14,20H,2-3,5,7-9H2,1H3/t11-,12-,14+,18+/m1/s1/i19-1. The van der Waals surface area contributed by atoms with Gasteiger partial charge in [-0.25, -0.2) is 4.39 Å². The summed E-state index contributed by atoms with van der Waals surface area (Å²) in [4.78, 5) is 12.3. The molecule has 2 fully saturated rings. The molecule has 0 amide bonds. The lowest BCUT2D eigenvalue weighted by atomic mass is 9.55. The van der Waals surface area contributed by atoms with E-state index in [1.165, 1.54) is 6.07 Å². The highest BCUT2D eigenvalue weighted by Crippen LogP contribution is 2.59. The molecule has 4 rings (SSSR count). The molecule has 0 bridgehead atoms. The molecule has 4 atom stereocenters. The highest BCUT2D eigenvalue weighted by molar-refractivity contribution is 5.87. The lowest BCUT2D eigenvalue weighted by Crippen LogP contribution is -2.42. The normalized spacial score (nSPS) is 37.8. The molecule has 0 unspecified atom stereocenters. The number of carbonyl (C=O) groups excluding carboxylic acids is 1. The number of benzene rings is 1. The van der Waals surface area contributed by atoms with E-state index in [-0.39, 0.29) is 11.2 Å². The predicted octanol–water partition coefficient (Wildman–Crippen LogP) is 3.96. The third-order valence-electron chi connectivity index (χ3n) is 6.53. The molecule has 0 radical (unpaired) electrons. The first-order valence-electron chi connectivity index (χ1n) is 8.06. The molecular weight excluding hydrogens is 266 g/mol. The first kappa shape index (κ1) is 13.3. The van der Waals surface area contributed by atoms with Gasteiger partial charge in [-0.3, -0.25) is 4.79 Å². The summed E-state index contributed by atoms with van der Waals surface area (Å²) >= 11 is 0. The molecule has 0 saturated heterocycles. The van der Waals surface area contributed by atoms with E-state index in [9.17, 15) is 14.3 Å². The van der Waals surface area contributed by atoms with Crippen LogP contribution in [0, 0.1) is 23.1 Å². The van der Waals surface area contributed by atoms with E-state index >= 15 is 0 Å². The van der Waals surface area contributed by atoms with E-state index < -0.39 is 5.82 Å². The van der Waals surface area contributed by atoms with Crippen LogP contribution in [0.1, 0.15) is 56.1 Å². The zero-order valence-electron chi connectivity index (χ0n) is 12.4. The Morgan fingerprint density at radius 2 is 2.05 bits per heavy atom. The van der Waals surface area contributed by atoms with E-state index in [0.29, 0.717) is 35.5 Å². The van der Waals surface area contributed by atoms with Gasteiger partial charge in [0.15, 0.2) is 11.6 Å². The third kappa shape index (κ3) is 1.66. The minimum Gasteiger partial charge on any atom is -0.505 e. The second-order valence-electron chi connectivity index (χ2n) is 7.30. The number of Topliss-reactive ketones (excluding diaryl/α,β-unsaturated/α-hetero) is 1. The van der Waals surface area contributed by atoms with Crippen molar-refractivity contribution < 1.29 is 14.3 Å². The number of rotatable bonds is 0. The summed E-state index contributed by atoms with van der Waals surface area (Å²) in [5.74, 6) is 1.12. The molecule has 0 aromatic heterocycles. The van der Waals surface area contributed by atoms with Gasteiger partial charge >= 0.3 is 0 Å². The fraction of sp³-hybridized carbons (Fsp3) is 0.611. The van der Waals surface area contributed by atoms with Gasteiger partial charge in [0.05, 0.1) is 0 Å². The summed E-state index contributed by atoms with van der Waals surface area (Å²) in [7, 11) is 0. The minimum atomic E-state index is -0.429. The molecule has 3 aliphatic carbocycles. The Morgan fingerprint density at radius 3 is 2.86 bits per heavy atom. The fourth-order valence-corrected chi connectivity index (χ4v) is 5.38. The van der Waals surface area contributed by atoms with Crippen molar-refractivity contribution in [1.82, 2.24) is 0 Å². The van der Waals surface area contributed by atoms with Crippen LogP contribution in [0.3, 0.4) is 0 Å². The maximum atomic E-state index is 14.1. The Balaban J connectivity index is 1.75. The Hall–Kier alpha value is -1.38. The summed E-state index contributed by atoms with van der Waals surface area (Å²) in [6.07, 6.45) is 5.27. The summed E-state index contributed by atoms with van der Waals surface area (Å²) in [5, 5.41) is 9.58. The second-order valence-corrected chi connectivity index (χ2v) is 7.30. The SMILES string of the molecule is C[C@]12CC[C@@H]3c4ccc(O)c([18F])c4CC[C@H]3[C@@H]1CCC2=O. The summed E-state index contributed by atoms with van der Waals surface area (Å²) in [6, 6.07) is 3.40. The van der Waals surface area contributed by atoms with E-state index in [0.717, 1.165) is 37.7 Å². The number of phenols is 1. The molecule has 0 aliphatic heterocycles. The molecule has 1 aromatic rings. The number of carbonyl (C=O) groups is 1. The molecule has 2 saturated carbocycles. The topological polar surface area (TPSA) is 37.3 Å². The van der Waals surface area contributed by atoms with Gasteiger partial charge < -0.3 is 5.11 Å². The largest absolute Gasteiger partial charge is 0.505 e. The quantitative estimate of drug-likeness (QED) is 0.784. The van der Waals surface area contributed by atoms with E-state index in [1.54, 1.807) is 0 Å². The third-order valence-corrected chi connectivity index (χ3v) is 6.53.